The van der Waals surface area contributed by atoms with Crippen LogP contribution in [0, 0.1) is 5.92 Å². The SMILES string of the molecule is CCCNC(=O)c1ccc(NC(=O)C2CCCCC2)cc1. The minimum atomic E-state index is -0.0676. The van der Waals surface area contributed by atoms with E-state index in [9.17, 15) is 9.59 Å². The van der Waals surface area contributed by atoms with Gasteiger partial charge in [-0.25, -0.2) is 0 Å². The molecule has 0 spiro atoms. The maximum Gasteiger partial charge on any atom is 0.251 e. The third-order valence-electron chi connectivity index (χ3n) is 3.93. The van der Waals surface area contributed by atoms with Crippen LogP contribution < -0.4 is 10.6 Å². The van der Waals surface area contributed by atoms with E-state index in [1.54, 1.807) is 24.3 Å². The Bertz CT molecular complexity index is 476. The highest BCUT2D eigenvalue weighted by atomic mass is 16.2. The predicted molar refractivity (Wildman–Crippen MR) is 84.3 cm³/mol. The first-order valence-electron chi connectivity index (χ1n) is 7.90. The molecule has 1 aliphatic rings. The maximum atomic E-state index is 12.1. The van der Waals surface area contributed by atoms with Crippen LogP contribution in [0.1, 0.15) is 55.8 Å². The number of nitrogens with one attached hydrogen (secondary N) is 2. The minimum absolute atomic E-state index is 0.0676. The van der Waals surface area contributed by atoms with E-state index >= 15 is 0 Å². The van der Waals surface area contributed by atoms with E-state index in [0.29, 0.717) is 12.1 Å². The van der Waals surface area contributed by atoms with E-state index in [1.807, 2.05) is 6.92 Å². The molecule has 0 atom stereocenters. The Balaban J connectivity index is 1.89. The first-order chi connectivity index (χ1) is 10.2. The van der Waals surface area contributed by atoms with Crippen LogP contribution in [0.15, 0.2) is 24.3 Å². The van der Waals surface area contributed by atoms with Crippen LogP contribution in [-0.2, 0) is 4.79 Å². The average molecular weight is 288 g/mol. The molecule has 2 amide bonds. The summed E-state index contributed by atoms with van der Waals surface area (Å²) in [4.78, 5) is 23.9. The third-order valence-corrected chi connectivity index (χ3v) is 3.93. The van der Waals surface area contributed by atoms with Crippen molar-refractivity contribution in [2.24, 2.45) is 5.92 Å². The van der Waals surface area contributed by atoms with Crippen LogP contribution in [-0.4, -0.2) is 18.4 Å². The van der Waals surface area contributed by atoms with Crippen molar-refractivity contribution in [3.63, 3.8) is 0 Å². The highest BCUT2D eigenvalue weighted by Crippen LogP contribution is 2.25. The molecule has 2 N–H and O–H groups in total. The van der Waals surface area contributed by atoms with Gasteiger partial charge in [0.1, 0.15) is 0 Å². The molecular formula is C17H24N2O2. The van der Waals surface area contributed by atoms with Gasteiger partial charge in [-0.3, -0.25) is 9.59 Å². The number of carbonyl (C=O) groups excluding carboxylic acids is 2. The second-order valence-electron chi connectivity index (χ2n) is 5.66. The molecule has 114 valence electrons. The van der Waals surface area contributed by atoms with Crippen LogP contribution in [0.4, 0.5) is 5.69 Å². The Morgan fingerprint density at radius 1 is 1.10 bits per heavy atom. The molecule has 1 saturated carbocycles. The van der Waals surface area contributed by atoms with Crippen molar-refractivity contribution in [3.8, 4) is 0 Å². The summed E-state index contributed by atoms with van der Waals surface area (Å²) < 4.78 is 0. The lowest BCUT2D eigenvalue weighted by molar-refractivity contribution is -0.120. The molecule has 0 aromatic heterocycles. The molecule has 1 aromatic rings. The quantitative estimate of drug-likeness (QED) is 0.873. The van der Waals surface area contributed by atoms with Crippen LogP contribution >= 0.6 is 0 Å². The number of hydrogen-bond acceptors (Lipinski definition) is 2. The molecule has 0 saturated heterocycles. The summed E-state index contributed by atoms with van der Waals surface area (Å²) in [5.74, 6) is 0.186. The number of anilines is 1. The fourth-order valence-electron chi connectivity index (χ4n) is 2.65. The molecule has 0 unspecified atom stereocenters. The Kier molecular flexibility index (Phi) is 5.78. The van der Waals surface area contributed by atoms with E-state index in [4.69, 9.17) is 0 Å². The number of rotatable bonds is 5. The van der Waals surface area contributed by atoms with Crippen molar-refractivity contribution in [3.05, 3.63) is 29.8 Å². The molecule has 0 aliphatic heterocycles. The predicted octanol–water partition coefficient (Wildman–Crippen LogP) is 3.35. The van der Waals surface area contributed by atoms with Crippen molar-refractivity contribution >= 4 is 17.5 Å². The van der Waals surface area contributed by atoms with Gasteiger partial charge in [0.2, 0.25) is 5.91 Å². The summed E-state index contributed by atoms with van der Waals surface area (Å²) in [5.41, 5.74) is 1.39. The molecule has 0 bridgehead atoms. The second-order valence-corrected chi connectivity index (χ2v) is 5.66. The van der Waals surface area contributed by atoms with Crippen molar-refractivity contribution in [1.82, 2.24) is 5.32 Å². The second kappa shape index (κ2) is 7.81. The molecule has 21 heavy (non-hydrogen) atoms. The lowest BCUT2D eigenvalue weighted by atomic mass is 9.88. The van der Waals surface area contributed by atoms with Gasteiger partial charge in [0, 0.05) is 23.7 Å². The van der Waals surface area contributed by atoms with E-state index in [2.05, 4.69) is 10.6 Å². The standard InChI is InChI=1S/C17H24N2O2/c1-2-12-18-16(20)14-8-10-15(11-9-14)19-17(21)13-6-4-3-5-7-13/h8-11,13H,2-7,12H2,1H3,(H,18,20)(H,19,21). The number of hydrogen-bond donors (Lipinski definition) is 2. The van der Waals surface area contributed by atoms with Gasteiger partial charge in [0.25, 0.3) is 5.91 Å². The number of benzene rings is 1. The zero-order valence-corrected chi connectivity index (χ0v) is 12.7. The lowest BCUT2D eigenvalue weighted by Gasteiger charge is -2.20. The molecule has 1 aliphatic carbocycles. The first-order valence-corrected chi connectivity index (χ1v) is 7.90. The zero-order chi connectivity index (χ0) is 15.1. The highest BCUT2D eigenvalue weighted by Gasteiger charge is 2.20. The summed E-state index contributed by atoms with van der Waals surface area (Å²) in [6, 6.07) is 7.09. The van der Waals surface area contributed by atoms with Crippen LogP contribution in [0.2, 0.25) is 0 Å². The van der Waals surface area contributed by atoms with E-state index in [-0.39, 0.29) is 17.7 Å². The van der Waals surface area contributed by atoms with Crippen molar-refractivity contribution in [1.29, 1.82) is 0 Å². The maximum absolute atomic E-state index is 12.1. The first kappa shape index (κ1) is 15.5. The van der Waals surface area contributed by atoms with E-state index < -0.39 is 0 Å². The fourth-order valence-corrected chi connectivity index (χ4v) is 2.65. The molecule has 0 heterocycles. The Labute approximate surface area is 126 Å². The van der Waals surface area contributed by atoms with Gasteiger partial charge in [-0.05, 0) is 43.5 Å². The van der Waals surface area contributed by atoms with E-state index in [0.717, 1.165) is 37.8 Å². The smallest absolute Gasteiger partial charge is 0.251 e. The summed E-state index contributed by atoms with van der Waals surface area (Å²) in [6.45, 7) is 2.70. The topological polar surface area (TPSA) is 58.2 Å². The number of carbonyl (C=O) groups is 2. The molecule has 2 rings (SSSR count). The summed E-state index contributed by atoms with van der Waals surface area (Å²) in [5, 5.41) is 5.78. The van der Waals surface area contributed by atoms with Crippen molar-refractivity contribution in [2.75, 3.05) is 11.9 Å². The van der Waals surface area contributed by atoms with Gasteiger partial charge in [-0.1, -0.05) is 26.2 Å². The highest BCUT2D eigenvalue weighted by molar-refractivity contribution is 5.96. The summed E-state index contributed by atoms with van der Waals surface area (Å²) in [6.07, 6.45) is 6.43. The van der Waals surface area contributed by atoms with Gasteiger partial charge in [0.15, 0.2) is 0 Å². The van der Waals surface area contributed by atoms with Gasteiger partial charge >= 0.3 is 0 Å². The van der Waals surface area contributed by atoms with Crippen molar-refractivity contribution < 1.29 is 9.59 Å². The van der Waals surface area contributed by atoms with Crippen molar-refractivity contribution in [2.45, 2.75) is 45.4 Å². The Hall–Kier alpha value is -1.84. The molecule has 1 fully saturated rings. The zero-order valence-electron chi connectivity index (χ0n) is 12.7. The Morgan fingerprint density at radius 2 is 1.76 bits per heavy atom. The summed E-state index contributed by atoms with van der Waals surface area (Å²) >= 11 is 0. The normalized spacial score (nSPS) is 15.5. The van der Waals surface area contributed by atoms with Gasteiger partial charge in [0.05, 0.1) is 0 Å². The third kappa shape index (κ3) is 4.59. The largest absolute Gasteiger partial charge is 0.352 e. The summed E-state index contributed by atoms with van der Waals surface area (Å²) in [7, 11) is 0. The van der Waals surface area contributed by atoms with Crippen LogP contribution in [0.5, 0.6) is 0 Å². The van der Waals surface area contributed by atoms with Crippen LogP contribution in [0.25, 0.3) is 0 Å². The molecule has 1 aromatic carbocycles. The molecule has 0 radical (unpaired) electrons. The van der Waals surface area contributed by atoms with Crippen LogP contribution in [0.3, 0.4) is 0 Å². The molecule has 4 nitrogen and oxygen atoms in total. The molecular weight excluding hydrogens is 264 g/mol. The minimum Gasteiger partial charge on any atom is -0.352 e. The van der Waals surface area contributed by atoms with Gasteiger partial charge in [-0.2, -0.15) is 0 Å². The Morgan fingerprint density at radius 3 is 2.38 bits per heavy atom. The molecule has 4 heteroatoms. The lowest BCUT2D eigenvalue weighted by Crippen LogP contribution is -2.25. The van der Waals surface area contributed by atoms with E-state index in [1.165, 1.54) is 6.42 Å². The monoisotopic (exact) mass is 288 g/mol. The van der Waals surface area contributed by atoms with Gasteiger partial charge in [-0.15, -0.1) is 0 Å². The fraction of sp³-hybridized carbons (Fsp3) is 0.529. The average Bonchev–Trinajstić information content (AvgIpc) is 2.54. The number of amides is 2. The van der Waals surface area contributed by atoms with Gasteiger partial charge < -0.3 is 10.6 Å².